The molecule has 0 aromatic heterocycles. The summed E-state index contributed by atoms with van der Waals surface area (Å²) in [5, 5.41) is 40.1. The van der Waals surface area contributed by atoms with Gasteiger partial charge >= 0.3 is 17.9 Å². The van der Waals surface area contributed by atoms with E-state index < -0.39 is 17.9 Å². The van der Waals surface area contributed by atoms with E-state index in [1.807, 2.05) is 72.8 Å². The third kappa shape index (κ3) is 16.3. The Morgan fingerprint density at radius 3 is 0.889 bits per heavy atom. The number of hydrogen-bond donors (Lipinski definition) is 6. The zero-order valence-corrected chi connectivity index (χ0v) is 37.9. The van der Waals surface area contributed by atoms with Crippen molar-refractivity contribution in [2.45, 2.75) is 98.8 Å². The summed E-state index contributed by atoms with van der Waals surface area (Å²) in [6.45, 7) is 14.7. The molecule has 0 bridgehead atoms. The lowest BCUT2D eigenvalue weighted by molar-refractivity contribution is 0.0468. The van der Waals surface area contributed by atoms with E-state index in [1.54, 1.807) is 0 Å². The maximum atomic E-state index is 13.5. The second-order valence-electron chi connectivity index (χ2n) is 16.7. The van der Waals surface area contributed by atoms with Crippen molar-refractivity contribution < 1.29 is 43.9 Å². The molecular formula is C51H69N3O9. The number of esters is 3. The molecule has 0 saturated heterocycles. The van der Waals surface area contributed by atoms with Crippen LogP contribution in [0.3, 0.4) is 0 Å². The highest BCUT2D eigenvalue weighted by Gasteiger charge is 2.21. The van der Waals surface area contributed by atoms with E-state index >= 15 is 0 Å². The molecule has 63 heavy (non-hydrogen) atoms. The van der Waals surface area contributed by atoms with E-state index in [1.165, 1.54) is 18.2 Å². The number of nitrogens with one attached hydrogen (secondary N) is 3. The van der Waals surface area contributed by atoms with Crippen molar-refractivity contribution in [3.8, 4) is 0 Å². The van der Waals surface area contributed by atoms with Crippen LogP contribution < -0.4 is 16.0 Å². The molecular weight excluding hydrogens is 799 g/mol. The third-order valence-corrected chi connectivity index (χ3v) is 11.7. The van der Waals surface area contributed by atoms with E-state index in [-0.39, 0.29) is 74.5 Å². The highest BCUT2D eigenvalue weighted by Crippen LogP contribution is 2.21. The molecule has 0 amide bonds. The first-order valence-corrected chi connectivity index (χ1v) is 22.4. The van der Waals surface area contributed by atoms with Gasteiger partial charge in [-0.1, -0.05) is 134 Å². The van der Waals surface area contributed by atoms with Gasteiger partial charge in [-0.2, -0.15) is 0 Å². The topological polar surface area (TPSA) is 176 Å². The molecule has 0 radical (unpaired) electrons. The van der Waals surface area contributed by atoms with E-state index in [9.17, 15) is 29.7 Å². The van der Waals surface area contributed by atoms with Crippen molar-refractivity contribution in [3.05, 3.63) is 141 Å². The molecule has 4 aromatic carbocycles. The van der Waals surface area contributed by atoms with Gasteiger partial charge in [0, 0.05) is 0 Å². The maximum absolute atomic E-state index is 13.5. The average molecular weight is 868 g/mol. The number of aliphatic hydroxyl groups excluding tert-OH is 3. The van der Waals surface area contributed by atoms with Crippen LogP contribution in [0.2, 0.25) is 0 Å². The zero-order chi connectivity index (χ0) is 45.7. The Balaban J connectivity index is 1.48. The Hall–Kier alpha value is -4.95. The predicted octanol–water partition coefficient (Wildman–Crippen LogP) is 7.76. The standard InChI is InChI=1S/C51H69N3O9/c1-7-34(4)25-52-46(28-55)40-16-10-37(11-17-40)31-61-49(58)43-22-44(50(59)62-32-38-12-18-41(19-13-38)47(29-56)53-26-35(5)8-2)24-45(23-43)51(60)63-33-39-14-20-42(21-15-39)48(30-57)54-27-36(6)9-3/h10-24,34-36,46-48,52-57H,7-9,25-33H2,1-6H3/t34-,35-,36-,46+,47+,48+/m0/s1. The van der Waals surface area contributed by atoms with Gasteiger partial charge in [-0.3, -0.25) is 0 Å². The Labute approximate surface area is 373 Å². The molecule has 0 spiro atoms. The first kappa shape index (κ1) is 50.7. The summed E-state index contributed by atoms with van der Waals surface area (Å²) in [7, 11) is 0. The fourth-order valence-corrected chi connectivity index (χ4v) is 6.54. The fourth-order valence-electron chi connectivity index (χ4n) is 6.54. The quantitative estimate of drug-likeness (QED) is 0.0254. The Kier molecular flexibility index (Phi) is 21.4. The van der Waals surface area contributed by atoms with Crippen LogP contribution in [0.1, 0.15) is 143 Å². The smallest absolute Gasteiger partial charge is 0.338 e. The third-order valence-electron chi connectivity index (χ3n) is 11.7. The first-order chi connectivity index (χ1) is 30.4. The summed E-state index contributed by atoms with van der Waals surface area (Å²) in [4.78, 5) is 40.6. The Morgan fingerprint density at radius 2 is 0.683 bits per heavy atom. The summed E-state index contributed by atoms with van der Waals surface area (Å²) < 4.78 is 17.0. The number of rotatable bonds is 27. The van der Waals surface area contributed by atoms with Gasteiger partial charge in [-0.15, -0.1) is 0 Å². The lowest BCUT2D eigenvalue weighted by Crippen LogP contribution is -2.28. The van der Waals surface area contributed by atoms with Crippen molar-refractivity contribution in [3.63, 3.8) is 0 Å². The molecule has 0 saturated carbocycles. The molecule has 6 atom stereocenters. The van der Waals surface area contributed by atoms with Crippen LogP contribution in [0.25, 0.3) is 0 Å². The highest BCUT2D eigenvalue weighted by molar-refractivity contribution is 6.00. The summed E-state index contributed by atoms with van der Waals surface area (Å²) in [5.74, 6) is -0.848. The van der Waals surface area contributed by atoms with Crippen LogP contribution in [0.15, 0.2) is 91.0 Å². The van der Waals surface area contributed by atoms with E-state index in [0.29, 0.717) is 34.4 Å². The minimum Gasteiger partial charge on any atom is -0.457 e. The van der Waals surface area contributed by atoms with E-state index in [4.69, 9.17) is 14.2 Å². The molecule has 0 aliphatic carbocycles. The molecule has 4 aromatic rings. The molecule has 0 fully saturated rings. The van der Waals surface area contributed by atoms with Gasteiger partial charge in [0.15, 0.2) is 0 Å². The molecule has 342 valence electrons. The van der Waals surface area contributed by atoms with Gasteiger partial charge in [0.2, 0.25) is 0 Å². The molecule has 12 heteroatoms. The van der Waals surface area contributed by atoms with Crippen LogP contribution in [0.4, 0.5) is 0 Å². The molecule has 0 unspecified atom stereocenters. The second-order valence-corrected chi connectivity index (χ2v) is 16.7. The number of hydrogen-bond acceptors (Lipinski definition) is 12. The summed E-state index contributed by atoms with van der Waals surface area (Å²) in [6.07, 6.45) is 3.08. The summed E-state index contributed by atoms with van der Waals surface area (Å²) in [5.41, 5.74) is 4.77. The lowest BCUT2D eigenvalue weighted by Gasteiger charge is -2.19. The SMILES string of the molecule is CC[C@H](C)CN[C@H](CO)c1ccc(COC(=O)c2cc(C(=O)OCc3ccc([C@@H](CO)NC[C@@H](C)CC)cc3)cc(C(=O)OCc3ccc([C@@H](CO)NC[C@@H](C)CC)cc3)c2)cc1. The fraction of sp³-hybridized carbons (Fsp3) is 0.471. The Bertz CT molecular complexity index is 1750. The van der Waals surface area contributed by atoms with Crippen molar-refractivity contribution in [2.24, 2.45) is 17.8 Å². The van der Waals surface area contributed by atoms with Gasteiger partial charge < -0.3 is 45.5 Å². The first-order valence-electron chi connectivity index (χ1n) is 22.4. The molecule has 4 rings (SSSR count). The van der Waals surface area contributed by atoms with E-state index in [2.05, 4.69) is 57.5 Å². The predicted molar refractivity (Wildman–Crippen MR) is 245 cm³/mol. The normalized spacial score (nSPS) is 14.2. The lowest BCUT2D eigenvalue weighted by atomic mass is 10.0. The summed E-state index contributed by atoms with van der Waals surface area (Å²) in [6, 6.07) is 25.6. The number of carbonyl (C=O) groups excluding carboxylic acids is 3. The molecule has 0 heterocycles. The van der Waals surface area contributed by atoms with Crippen LogP contribution >= 0.6 is 0 Å². The monoisotopic (exact) mass is 868 g/mol. The van der Waals surface area contributed by atoms with Crippen LogP contribution in [0.5, 0.6) is 0 Å². The van der Waals surface area contributed by atoms with Crippen LogP contribution in [-0.4, -0.2) is 72.7 Å². The van der Waals surface area contributed by atoms with Gasteiger partial charge in [0.25, 0.3) is 0 Å². The van der Waals surface area contributed by atoms with Gasteiger partial charge in [0.1, 0.15) is 19.8 Å². The van der Waals surface area contributed by atoms with Crippen molar-refractivity contribution in [1.82, 2.24) is 16.0 Å². The number of benzene rings is 4. The number of aliphatic hydroxyl groups is 3. The minimum absolute atomic E-state index is 0.0313. The van der Waals surface area contributed by atoms with Crippen molar-refractivity contribution in [1.29, 1.82) is 0 Å². The molecule has 0 aliphatic rings. The number of carbonyl (C=O) groups is 3. The molecule has 12 nitrogen and oxygen atoms in total. The highest BCUT2D eigenvalue weighted by atomic mass is 16.5. The van der Waals surface area contributed by atoms with Gasteiger partial charge in [-0.25, -0.2) is 14.4 Å². The largest absolute Gasteiger partial charge is 0.457 e. The minimum atomic E-state index is -0.752. The van der Waals surface area contributed by atoms with Crippen LogP contribution in [0, 0.1) is 17.8 Å². The van der Waals surface area contributed by atoms with Crippen LogP contribution in [-0.2, 0) is 34.0 Å². The van der Waals surface area contributed by atoms with Crippen molar-refractivity contribution in [2.75, 3.05) is 39.5 Å². The zero-order valence-electron chi connectivity index (χ0n) is 37.9. The summed E-state index contributed by atoms with van der Waals surface area (Å²) >= 11 is 0. The van der Waals surface area contributed by atoms with E-state index in [0.717, 1.165) is 55.6 Å². The van der Waals surface area contributed by atoms with Gasteiger partial charge in [0.05, 0.1) is 54.6 Å². The second kappa shape index (κ2) is 26.6. The molecule has 0 aliphatic heterocycles. The number of ether oxygens (including phenoxy) is 3. The van der Waals surface area contributed by atoms with Gasteiger partial charge in [-0.05, 0) is 89.0 Å². The average Bonchev–Trinajstić information content (AvgIpc) is 3.32. The molecule has 6 N–H and O–H groups in total. The maximum Gasteiger partial charge on any atom is 0.338 e. The Morgan fingerprint density at radius 1 is 0.444 bits per heavy atom. The van der Waals surface area contributed by atoms with Crippen molar-refractivity contribution >= 4 is 17.9 Å².